The Morgan fingerprint density at radius 1 is 1.16 bits per heavy atom. The maximum absolute atomic E-state index is 12.6. The number of hydrogen-bond acceptors (Lipinski definition) is 4. The van der Waals surface area contributed by atoms with Gasteiger partial charge in [0, 0.05) is 37.3 Å². The predicted octanol–water partition coefficient (Wildman–Crippen LogP) is 4.13. The van der Waals surface area contributed by atoms with E-state index in [1.807, 2.05) is 12.1 Å². The largest absolute Gasteiger partial charge is 0.326 e. The van der Waals surface area contributed by atoms with E-state index >= 15 is 0 Å². The number of nitrogens with one attached hydrogen (secondary N) is 1. The average Bonchev–Trinajstić information content (AvgIpc) is 2.78. The van der Waals surface area contributed by atoms with Gasteiger partial charge in [-0.3, -0.25) is 4.79 Å². The topological polar surface area (TPSA) is 69.7 Å². The molecule has 1 N–H and O–H groups in total. The number of carbonyl (C=O) groups excluding carboxylic acids is 1. The van der Waals surface area contributed by atoms with E-state index in [1.54, 1.807) is 4.31 Å². The van der Waals surface area contributed by atoms with Gasteiger partial charge in [0.25, 0.3) is 0 Å². The number of carbonyl (C=O) groups is 1. The third kappa shape index (κ3) is 7.29. The van der Waals surface area contributed by atoms with Crippen LogP contribution in [0.3, 0.4) is 0 Å². The zero-order valence-corrected chi connectivity index (χ0v) is 20.9. The third-order valence-electron chi connectivity index (χ3n) is 7.27. The second-order valence-corrected chi connectivity index (χ2v) is 11.8. The van der Waals surface area contributed by atoms with Gasteiger partial charge in [-0.2, -0.15) is 0 Å². The van der Waals surface area contributed by atoms with Gasteiger partial charge in [-0.25, -0.2) is 12.7 Å². The Kier molecular flexibility index (Phi) is 9.14. The summed E-state index contributed by atoms with van der Waals surface area (Å²) in [6.45, 7) is 7.72. The lowest BCUT2D eigenvalue weighted by Gasteiger charge is -2.36. The number of hydrogen-bond donors (Lipinski definition) is 1. The van der Waals surface area contributed by atoms with E-state index in [0.717, 1.165) is 63.7 Å². The van der Waals surface area contributed by atoms with Crippen LogP contribution in [0.2, 0.25) is 0 Å². The molecule has 1 aromatic rings. The van der Waals surface area contributed by atoms with Gasteiger partial charge in [0.05, 0.1) is 6.26 Å². The molecule has 0 radical (unpaired) electrons. The quantitative estimate of drug-likeness (QED) is 0.598. The second-order valence-electron chi connectivity index (χ2n) is 9.77. The number of anilines is 1. The lowest BCUT2D eigenvalue weighted by molar-refractivity contribution is -0.120. The molecule has 1 aliphatic carbocycles. The molecule has 2 fully saturated rings. The summed E-state index contributed by atoms with van der Waals surface area (Å²) in [4.78, 5) is 15.1. The number of benzene rings is 1. The van der Waals surface area contributed by atoms with Crippen LogP contribution in [-0.4, -0.2) is 62.0 Å². The summed E-state index contributed by atoms with van der Waals surface area (Å²) in [7, 11) is -3.07. The molecule has 1 aromatic carbocycles. The Morgan fingerprint density at radius 3 is 2.47 bits per heavy atom. The first kappa shape index (κ1) is 25.2. The maximum atomic E-state index is 12.6. The minimum Gasteiger partial charge on any atom is -0.326 e. The van der Waals surface area contributed by atoms with Crippen LogP contribution in [0.4, 0.5) is 5.69 Å². The lowest BCUT2D eigenvalue weighted by atomic mass is 9.88. The van der Waals surface area contributed by atoms with Gasteiger partial charge < -0.3 is 10.2 Å². The lowest BCUT2D eigenvalue weighted by Crippen LogP contribution is -2.43. The van der Waals surface area contributed by atoms with E-state index in [1.165, 1.54) is 18.2 Å². The van der Waals surface area contributed by atoms with Gasteiger partial charge in [-0.15, -0.1) is 0 Å². The minimum atomic E-state index is -3.07. The minimum absolute atomic E-state index is 0.163. The zero-order chi connectivity index (χ0) is 23.1. The molecule has 2 aliphatic rings. The van der Waals surface area contributed by atoms with Crippen molar-refractivity contribution in [1.29, 1.82) is 0 Å². The van der Waals surface area contributed by atoms with Crippen LogP contribution in [0.5, 0.6) is 0 Å². The smallest absolute Gasteiger partial charge is 0.227 e. The first-order valence-electron chi connectivity index (χ1n) is 12.3. The Morgan fingerprint density at radius 2 is 1.84 bits per heavy atom. The van der Waals surface area contributed by atoms with Crippen molar-refractivity contribution < 1.29 is 13.2 Å². The standard InChI is InChI=1S/C25H41N3O3S/c1-4-27(19-21-13-15-28(16-14-21)32(3,30)31)20(2)17-22-9-8-12-24(18-22)26-25(29)23-10-6-5-7-11-23/h8-9,12,18,20-21,23H,4-7,10-11,13-17,19H2,1-3H3,(H,26,29). The van der Waals surface area contributed by atoms with Crippen LogP contribution in [0.1, 0.15) is 64.4 Å². The van der Waals surface area contributed by atoms with E-state index in [2.05, 4.69) is 36.2 Å². The normalized spacial score (nSPS) is 20.4. The summed E-state index contributed by atoms with van der Waals surface area (Å²) in [5.41, 5.74) is 2.14. The molecule has 180 valence electrons. The number of nitrogens with zero attached hydrogens (tertiary/aromatic N) is 2. The fraction of sp³-hybridized carbons (Fsp3) is 0.720. The molecule has 1 aliphatic heterocycles. The van der Waals surface area contributed by atoms with Crippen LogP contribution in [0, 0.1) is 11.8 Å². The average molecular weight is 464 g/mol. The van der Waals surface area contributed by atoms with E-state index < -0.39 is 10.0 Å². The molecule has 32 heavy (non-hydrogen) atoms. The van der Waals surface area contributed by atoms with Crippen LogP contribution < -0.4 is 5.32 Å². The Balaban J connectivity index is 1.52. The fourth-order valence-corrected chi connectivity index (χ4v) is 6.11. The number of piperidine rings is 1. The molecule has 1 heterocycles. The number of likely N-dealkylation sites (N-methyl/N-ethyl adjacent to an activating group) is 1. The summed E-state index contributed by atoms with van der Waals surface area (Å²) >= 11 is 0. The monoisotopic (exact) mass is 463 g/mol. The van der Waals surface area contributed by atoms with Gasteiger partial charge in [0.15, 0.2) is 0 Å². The molecule has 1 saturated heterocycles. The van der Waals surface area contributed by atoms with E-state index in [9.17, 15) is 13.2 Å². The van der Waals surface area contributed by atoms with Crippen LogP contribution in [-0.2, 0) is 21.2 Å². The fourth-order valence-electron chi connectivity index (χ4n) is 5.23. The highest BCUT2D eigenvalue weighted by atomic mass is 32.2. The molecular formula is C25H41N3O3S. The van der Waals surface area contributed by atoms with Crippen LogP contribution >= 0.6 is 0 Å². The second kappa shape index (κ2) is 11.6. The number of rotatable bonds is 9. The molecule has 0 spiro atoms. The van der Waals surface area contributed by atoms with E-state index in [0.29, 0.717) is 25.0 Å². The van der Waals surface area contributed by atoms with E-state index in [-0.39, 0.29) is 11.8 Å². The molecule has 7 heteroatoms. The Hall–Kier alpha value is -1.44. The summed E-state index contributed by atoms with van der Waals surface area (Å²) in [5, 5.41) is 3.14. The molecule has 1 saturated carbocycles. The molecule has 1 atom stereocenters. The summed E-state index contributed by atoms with van der Waals surface area (Å²) in [6, 6.07) is 8.68. The van der Waals surface area contributed by atoms with Crippen molar-refractivity contribution in [2.75, 3.05) is 37.8 Å². The molecule has 0 bridgehead atoms. The van der Waals surface area contributed by atoms with Gasteiger partial charge in [0.1, 0.15) is 0 Å². The van der Waals surface area contributed by atoms with E-state index in [4.69, 9.17) is 0 Å². The van der Waals surface area contributed by atoms with Gasteiger partial charge in [-0.1, -0.05) is 38.3 Å². The molecule has 6 nitrogen and oxygen atoms in total. The molecule has 1 amide bonds. The van der Waals surface area contributed by atoms with Gasteiger partial charge in [-0.05, 0) is 69.2 Å². The van der Waals surface area contributed by atoms with Crippen molar-refractivity contribution in [2.45, 2.75) is 71.3 Å². The van der Waals surface area contributed by atoms with Crippen molar-refractivity contribution >= 4 is 21.6 Å². The molecule has 0 aromatic heterocycles. The highest BCUT2D eigenvalue weighted by molar-refractivity contribution is 7.88. The van der Waals surface area contributed by atoms with Crippen LogP contribution in [0.15, 0.2) is 24.3 Å². The summed E-state index contributed by atoms with van der Waals surface area (Å²) < 4.78 is 25.1. The number of amides is 1. The van der Waals surface area contributed by atoms with Crippen molar-refractivity contribution in [1.82, 2.24) is 9.21 Å². The first-order valence-corrected chi connectivity index (χ1v) is 14.2. The van der Waals surface area contributed by atoms with Crippen molar-refractivity contribution in [3.8, 4) is 0 Å². The number of sulfonamides is 1. The van der Waals surface area contributed by atoms with Gasteiger partial charge >= 0.3 is 0 Å². The first-order chi connectivity index (χ1) is 15.3. The third-order valence-corrected chi connectivity index (χ3v) is 8.57. The Labute approximate surface area is 194 Å². The van der Waals surface area contributed by atoms with Crippen LogP contribution in [0.25, 0.3) is 0 Å². The highest BCUT2D eigenvalue weighted by Crippen LogP contribution is 2.26. The highest BCUT2D eigenvalue weighted by Gasteiger charge is 2.27. The van der Waals surface area contributed by atoms with Crippen molar-refractivity contribution in [3.05, 3.63) is 29.8 Å². The van der Waals surface area contributed by atoms with Gasteiger partial charge in [0.2, 0.25) is 15.9 Å². The molecular weight excluding hydrogens is 422 g/mol. The summed E-state index contributed by atoms with van der Waals surface area (Å²) in [5.74, 6) is 0.873. The Bertz CT molecular complexity index is 844. The maximum Gasteiger partial charge on any atom is 0.227 e. The van der Waals surface area contributed by atoms with Crippen molar-refractivity contribution in [2.24, 2.45) is 11.8 Å². The van der Waals surface area contributed by atoms with Crippen molar-refractivity contribution in [3.63, 3.8) is 0 Å². The summed E-state index contributed by atoms with van der Waals surface area (Å²) in [6.07, 6.45) is 9.70. The molecule has 1 unspecified atom stereocenters. The SMILES string of the molecule is CCN(CC1CCN(S(C)(=O)=O)CC1)C(C)Cc1cccc(NC(=O)C2CCCCC2)c1. The zero-order valence-electron chi connectivity index (χ0n) is 20.1. The predicted molar refractivity (Wildman–Crippen MR) is 131 cm³/mol. The molecule has 3 rings (SSSR count).